The van der Waals surface area contributed by atoms with Gasteiger partial charge in [-0.05, 0) is 53.7 Å². The van der Waals surface area contributed by atoms with Gasteiger partial charge in [-0.3, -0.25) is 4.79 Å². The van der Waals surface area contributed by atoms with Gasteiger partial charge in [0.2, 0.25) is 0 Å². The molecule has 2 unspecified atom stereocenters. The SMILES string of the molecule is COC1(c2nc(C(C)C)c(I)c(=O)[nH]2)CCCC(C)C1. The number of methoxy groups -OCH3 is 1. The van der Waals surface area contributed by atoms with Crippen LogP contribution in [0.3, 0.4) is 0 Å². The monoisotopic (exact) mass is 390 g/mol. The minimum Gasteiger partial charge on any atom is -0.370 e. The Morgan fingerprint density at radius 3 is 2.75 bits per heavy atom. The van der Waals surface area contributed by atoms with E-state index in [0.717, 1.165) is 25.0 Å². The maximum atomic E-state index is 12.2. The maximum Gasteiger partial charge on any atom is 0.264 e. The van der Waals surface area contributed by atoms with Gasteiger partial charge >= 0.3 is 0 Å². The second-order valence-corrected chi connectivity index (χ2v) is 7.25. The van der Waals surface area contributed by atoms with E-state index >= 15 is 0 Å². The van der Waals surface area contributed by atoms with E-state index < -0.39 is 5.60 Å². The molecule has 2 rings (SSSR count). The van der Waals surface area contributed by atoms with E-state index in [1.165, 1.54) is 6.42 Å². The summed E-state index contributed by atoms with van der Waals surface area (Å²) < 4.78 is 6.52. The summed E-state index contributed by atoms with van der Waals surface area (Å²) in [6, 6.07) is 0. The van der Waals surface area contributed by atoms with Crippen molar-refractivity contribution in [2.24, 2.45) is 5.92 Å². The molecule has 0 saturated heterocycles. The fourth-order valence-corrected chi connectivity index (χ4v) is 3.95. The van der Waals surface area contributed by atoms with E-state index in [1.807, 2.05) is 0 Å². The molecule has 0 radical (unpaired) electrons. The normalized spacial score (nSPS) is 27.0. The molecule has 0 spiro atoms. The van der Waals surface area contributed by atoms with Gasteiger partial charge in [-0.1, -0.05) is 27.2 Å². The Bertz CT molecular complexity index is 541. The van der Waals surface area contributed by atoms with Crippen LogP contribution >= 0.6 is 22.6 Å². The highest BCUT2D eigenvalue weighted by Crippen LogP contribution is 2.41. The van der Waals surface area contributed by atoms with Crippen molar-refractivity contribution >= 4 is 22.6 Å². The van der Waals surface area contributed by atoms with Crippen molar-refractivity contribution in [3.05, 3.63) is 25.4 Å². The van der Waals surface area contributed by atoms with Gasteiger partial charge in [-0.2, -0.15) is 0 Å². The van der Waals surface area contributed by atoms with Gasteiger partial charge in [-0.15, -0.1) is 0 Å². The van der Waals surface area contributed by atoms with Crippen molar-refractivity contribution in [1.29, 1.82) is 0 Å². The second-order valence-electron chi connectivity index (χ2n) is 6.17. The van der Waals surface area contributed by atoms with Crippen LogP contribution in [0.1, 0.15) is 63.9 Å². The van der Waals surface area contributed by atoms with Crippen molar-refractivity contribution in [1.82, 2.24) is 9.97 Å². The van der Waals surface area contributed by atoms with E-state index in [-0.39, 0.29) is 11.5 Å². The average molecular weight is 390 g/mol. The van der Waals surface area contributed by atoms with Crippen LogP contribution in [0.25, 0.3) is 0 Å². The van der Waals surface area contributed by atoms with Crippen LogP contribution in [0, 0.1) is 9.49 Å². The first kappa shape index (κ1) is 15.9. The number of aromatic amines is 1. The number of hydrogen-bond donors (Lipinski definition) is 1. The van der Waals surface area contributed by atoms with E-state index in [0.29, 0.717) is 15.3 Å². The third kappa shape index (κ3) is 2.93. The van der Waals surface area contributed by atoms with Crippen LogP contribution in [-0.2, 0) is 10.3 Å². The Labute approximate surface area is 133 Å². The lowest BCUT2D eigenvalue weighted by molar-refractivity contribution is -0.0649. The minimum atomic E-state index is -0.426. The number of hydrogen-bond acceptors (Lipinski definition) is 3. The molecule has 0 amide bonds. The summed E-state index contributed by atoms with van der Waals surface area (Å²) in [4.78, 5) is 19.9. The number of H-pyrrole nitrogens is 1. The van der Waals surface area contributed by atoms with Gasteiger partial charge in [0, 0.05) is 7.11 Å². The fraction of sp³-hybridized carbons (Fsp3) is 0.733. The number of ether oxygens (including phenoxy) is 1. The van der Waals surface area contributed by atoms with Crippen molar-refractivity contribution in [2.75, 3.05) is 7.11 Å². The standard InChI is InChI=1S/C15H23IN2O2/c1-9(2)12-11(16)13(19)18-14(17-12)15(20-4)7-5-6-10(3)8-15/h9-10H,5-8H2,1-4H3,(H,17,18,19). The molecule has 20 heavy (non-hydrogen) atoms. The van der Waals surface area contributed by atoms with Crippen molar-refractivity contribution < 1.29 is 4.74 Å². The molecule has 2 atom stereocenters. The van der Waals surface area contributed by atoms with Crippen LogP contribution in [0.4, 0.5) is 0 Å². The highest BCUT2D eigenvalue weighted by molar-refractivity contribution is 14.1. The summed E-state index contributed by atoms with van der Waals surface area (Å²) >= 11 is 2.08. The summed E-state index contributed by atoms with van der Waals surface area (Å²) in [6.45, 7) is 6.37. The van der Waals surface area contributed by atoms with Crippen LogP contribution in [0.2, 0.25) is 0 Å². The quantitative estimate of drug-likeness (QED) is 0.804. The molecule has 1 heterocycles. The van der Waals surface area contributed by atoms with E-state index in [2.05, 4.69) is 48.3 Å². The molecule has 1 aliphatic carbocycles. The van der Waals surface area contributed by atoms with Gasteiger partial charge in [0.25, 0.3) is 5.56 Å². The zero-order valence-corrected chi connectivity index (χ0v) is 14.8. The number of aromatic nitrogens is 2. The fourth-order valence-electron chi connectivity index (χ4n) is 3.07. The van der Waals surface area contributed by atoms with Gasteiger partial charge in [0.15, 0.2) is 0 Å². The largest absolute Gasteiger partial charge is 0.370 e. The summed E-state index contributed by atoms with van der Waals surface area (Å²) in [5.41, 5.74) is 0.401. The maximum absolute atomic E-state index is 12.2. The molecule has 1 fully saturated rings. The minimum absolute atomic E-state index is 0.0473. The van der Waals surface area contributed by atoms with Gasteiger partial charge in [0.1, 0.15) is 11.4 Å². The molecule has 1 saturated carbocycles. The van der Waals surface area contributed by atoms with E-state index in [4.69, 9.17) is 9.72 Å². The lowest BCUT2D eigenvalue weighted by atomic mass is 9.78. The smallest absolute Gasteiger partial charge is 0.264 e. The molecule has 5 heteroatoms. The van der Waals surface area contributed by atoms with Gasteiger partial charge in [-0.25, -0.2) is 4.98 Å². The van der Waals surface area contributed by atoms with Crippen LogP contribution < -0.4 is 5.56 Å². The Hall–Kier alpha value is -0.430. The average Bonchev–Trinajstić information content (AvgIpc) is 2.41. The molecule has 4 nitrogen and oxygen atoms in total. The number of nitrogens with one attached hydrogen (secondary N) is 1. The zero-order chi connectivity index (χ0) is 14.9. The molecular weight excluding hydrogens is 367 g/mol. The van der Waals surface area contributed by atoms with E-state index in [1.54, 1.807) is 7.11 Å². The molecule has 112 valence electrons. The zero-order valence-electron chi connectivity index (χ0n) is 12.6. The Morgan fingerprint density at radius 2 is 2.20 bits per heavy atom. The first-order valence-corrected chi connectivity index (χ1v) is 8.33. The van der Waals surface area contributed by atoms with Crippen LogP contribution in [0.5, 0.6) is 0 Å². The summed E-state index contributed by atoms with van der Waals surface area (Å²) in [5.74, 6) is 1.54. The molecular formula is C15H23IN2O2. The molecule has 1 aromatic heterocycles. The molecule has 1 aromatic rings. The summed E-state index contributed by atoms with van der Waals surface area (Å²) in [6.07, 6.45) is 4.18. The van der Waals surface area contributed by atoms with E-state index in [9.17, 15) is 4.79 Å². The van der Waals surface area contributed by atoms with Crippen molar-refractivity contribution in [2.45, 2.75) is 58.0 Å². The third-order valence-electron chi connectivity index (χ3n) is 4.21. The number of halogens is 1. The number of rotatable bonds is 3. The van der Waals surface area contributed by atoms with Crippen LogP contribution in [0.15, 0.2) is 4.79 Å². The number of nitrogens with zero attached hydrogens (tertiary/aromatic N) is 1. The lowest BCUT2D eigenvalue weighted by Crippen LogP contribution is -2.38. The van der Waals surface area contributed by atoms with Crippen molar-refractivity contribution in [3.63, 3.8) is 0 Å². The topological polar surface area (TPSA) is 55.0 Å². The highest BCUT2D eigenvalue weighted by Gasteiger charge is 2.39. The first-order valence-electron chi connectivity index (χ1n) is 7.25. The predicted octanol–water partition coefficient (Wildman–Crippen LogP) is 3.55. The van der Waals surface area contributed by atoms with Gasteiger partial charge in [0.05, 0.1) is 9.26 Å². The Balaban J connectivity index is 2.52. The lowest BCUT2D eigenvalue weighted by Gasteiger charge is -2.38. The second kappa shape index (κ2) is 6.13. The third-order valence-corrected chi connectivity index (χ3v) is 5.26. The van der Waals surface area contributed by atoms with Crippen LogP contribution in [-0.4, -0.2) is 17.1 Å². The Kier molecular flexibility index (Phi) is 4.89. The predicted molar refractivity (Wildman–Crippen MR) is 88.0 cm³/mol. The first-order chi connectivity index (χ1) is 9.39. The molecule has 0 aliphatic heterocycles. The van der Waals surface area contributed by atoms with Gasteiger partial charge < -0.3 is 9.72 Å². The highest BCUT2D eigenvalue weighted by atomic mass is 127. The summed E-state index contributed by atoms with van der Waals surface area (Å²) in [5, 5.41) is 0. The molecule has 0 aromatic carbocycles. The summed E-state index contributed by atoms with van der Waals surface area (Å²) in [7, 11) is 1.73. The van der Waals surface area contributed by atoms with Crippen molar-refractivity contribution in [3.8, 4) is 0 Å². The Morgan fingerprint density at radius 1 is 1.50 bits per heavy atom. The molecule has 0 bridgehead atoms. The molecule has 1 aliphatic rings. The molecule has 1 N–H and O–H groups in total.